The van der Waals surface area contributed by atoms with Gasteiger partial charge in [-0.1, -0.05) is 41.5 Å². The van der Waals surface area contributed by atoms with Gasteiger partial charge < -0.3 is 19.8 Å². The fourth-order valence-electron chi connectivity index (χ4n) is 0. The van der Waals surface area contributed by atoms with Crippen molar-refractivity contribution in [3.8, 4) is 0 Å². The van der Waals surface area contributed by atoms with E-state index in [9.17, 15) is 19.8 Å². The zero-order chi connectivity index (χ0) is 12.2. The molecule has 4 nitrogen and oxygen atoms in total. The quantitative estimate of drug-likeness (QED) is 0.510. The molecular weight excluding hydrogens is 390 g/mol. The summed E-state index contributed by atoms with van der Waals surface area (Å²) >= 11 is 0. The van der Waals surface area contributed by atoms with Gasteiger partial charge in [-0.25, -0.2) is 0 Å². The van der Waals surface area contributed by atoms with Crippen LogP contribution in [0.15, 0.2) is 0 Å². The Hall–Kier alpha value is 0.187. The first-order chi connectivity index (χ1) is 5.89. The standard InChI is InChI=1S/2C5H10O2.2Rh/c2*1-5(2,3)4(6)7;;/h2*1-3H3,(H,6,7);;/p-2. The average molecular weight is 408 g/mol. The van der Waals surface area contributed by atoms with Crippen molar-refractivity contribution in [3.05, 3.63) is 0 Å². The van der Waals surface area contributed by atoms with Gasteiger partial charge in [0.15, 0.2) is 0 Å². The molecule has 0 saturated carbocycles. The number of rotatable bonds is 0. The second kappa shape index (κ2) is 9.24. The molecule has 6 heteroatoms. The van der Waals surface area contributed by atoms with Crippen LogP contribution in [0.2, 0.25) is 0 Å². The Morgan fingerprint density at radius 2 is 0.750 bits per heavy atom. The van der Waals surface area contributed by atoms with Crippen molar-refractivity contribution in [2.24, 2.45) is 10.8 Å². The van der Waals surface area contributed by atoms with Gasteiger partial charge in [0.05, 0.1) is 0 Å². The molecule has 102 valence electrons. The Morgan fingerprint density at radius 1 is 0.688 bits per heavy atom. The van der Waals surface area contributed by atoms with Crippen molar-refractivity contribution in [1.29, 1.82) is 0 Å². The van der Waals surface area contributed by atoms with Gasteiger partial charge in [0.2, 0.25) is 0 Å². The molecule has 0 heterocycles. The van der Waals surface area contributed by atoms with Crippen LogP contribution in [0.4, 0.5) is 0 Å². The molecule has 0 bridgehead atoms. The van der Waals surface area contributed by atoms with Crippen LogP contribution in [0.1, 0.15) is 41.5 Å². The van der Waals surface area contributed by atoms with Gasteiger partial charge in [-0.05, 0) is 0 Å². The van der Waals surface area contributed by atoms with Gasteiger partial charge >= 0.3 is 0 Å². The Bertz CT molecular complexity index is 190. The van der Waals surface area contributed by atoms with Crippen LogP contribution in [-0.4, -0.2) is 11.9 Å². The van der Waals surface area contributed by atoms with Crippen LogP contribution in [0, 0.1) is 10.8 Å². The van der Waals surface area contributed by atoms with Crippen LogP contribution in [-0.2, 0) is 48.5 Å². The smallest absolute Gasteiger partial charge is 0.0467 e. The summed E-state index contributed by atoms with van der Waals surface area (Å²) in [7, 11) is 0. The molecule has 16 heavy (non-hydrogen) atoms. The molecule has 0 spiro atoms. The third-order valence-electron chi connectivity index (χ3n) is 1.22. The first-order valence-corrected chi connectivity index (χ1v) is 4.32. The number of carbonyl (C=O) groups excluding carboxylic acids is 2. The molecule has 0 rings (SSSR count). The van der Waals surface area contributed by atoms with Crippen molar-refractivity contribution in [2.75, 3.05) is 0 Å². The maximum absolute atomic E-state index is 9.91. The minimum Gasteiger partial charge on any atom is -0.550 e. The van der Waals surface area contributed by atoms with Crippen LogP contribution in [0.5, 0.6) is 0 Å². The molecule has 0 aliphatic rings. The Labute approximate surface area is 123 Å². The van der Waals surface area contributed by atoms with Crippen LogP contribution < -0.4 is 10.2 Å². The maximum atomic E-state index is 9.91. The van der Waals surface area contributed by atoms with E-state index in [4.69, 9.17) is 0 Å². The minimum absolute atomic E-state index is 0. The van der Waals surface area contributed by atoms with Crippen molar-refractivity contribution in [3.63, 3.8) is 0 Å². The SMILES string of the molecule is CC(C)(C)C(=O)[O-].CC(C)(C)C(=O)[O-].[Rh].[Rh]. The number of hydrogen-bond donors (Lipinski definition) is 0. The van der Waals surface area contributed by atoms with E-state index < -0.39 is 22.8 Å². The van der Waals surface area contributed by atoms with Gasteiger partial charge in [0.1, 0.15) is 0 Å². The van der Waals surface area contributed by atoms with Crippen LogP contribution in [0.25, 0.3) is 0 Å². The van der Waals surface area contributed by atoms with E-state index >= 15 is 0 Å². The minimum atomic E-state index is -1.01. The van der Waals surface area contributed by atoms with Crippen LogP contribution >= 0.6 is 0 Å². The van der Waals surface area contributed by atoms with E-state index in [1.54, 1.807) is 41.5 Å². The second-order valence-corrected chi connectivity index (χ2v) is 5.07. The molecule has 2 radical (unpaired) electrons. The first kappa shape index (κ1) is 25.1. The van der Waals surface area contributed by atoms with Crippen LogP contribution in [0.3, 0.4) is 0 Å². The fourth-order valence-corrected chi connectivity index (χ4v) is 0. The van der Waals surface area contributed by atoms with Gasteiger partial charge in [0.25, 0.3) is 0 Å². The van der Waals surface area contributed by atoms with E-state index in [2.05, 4.69) is 0 Å². The molecule has 0 aromatic heterocycles. The Balaban J connectivity index is -0.0000000800. The van der Waals surface area contributed by atoms with Gasteiger partial charge in [0, 0.05) is 61.7 Å². The summed E-state index contributed by atoms with van der Waals surface area (Å²) in [4.78, 5) is 19.8. The summed E-state index contributed by atoms with van der Waals surface area (Å²) < 4.78 is 0. The molecule has 0 fully saturated rings. The summed E-state index contributed by atoms with van der Waals surface area (Å²) in [5.74, 6) is -2.01. The van der Waals surface area contributed by atoms with E-state index in [1.165, 1.54) is 0 Å². The molecule has 0 unspecified atom stereocenters. The van der Waals surface area contributed by atoms with Crippen molar-refractivity contribution < 1.29 is 58.8 Å². The second-order valence-electron chi connectivity index (χ2n) is 5.07. The number of carboxylic acid groups (broad SMARTS) is 2. The topological polar surface area (TPSA) is 80.3 Å². The fraction of sp³-hybridized carbons (Fsp3) is 0.800. The summed E-state index contributed by atoms with van der Waals surface area (Å²) in [6.07, 6.45) is 0. The zero-order valence-electron chi connectivity index (χ0n) is 10.3. The summed E-state index contributed by atoms with van der Waals surface area (Å²) in [5, 5.41) is 19.8. The molecule has 0 aliphatic heterocycles. The van der Waals surface area contributed by atoms with E-state index in [0.717, 1.165) is 0 Å². The largest absolute Gasteiger partial charge is 0.550 e. The zero-order valence-corrected chi connectivity index (χ0v) is 13.6. The Kier molecular flexibility index (Phi) is 14.5. The third-order valence-corrected chi connectivity index (χ3v) is 1.22. The summed E-state index contributed by atoms with van der Waals surface area (Å²) in [5.41, 5.74) is -1.39. The number of carboxylic acids is 2. The number of carbonyl (C=O) groups is 2. The molecule has 0 aliphatic carbocycles. The molecular formula is C10H18O4Rh2-2. The Morgan fingerprint density at radius 3 is 0.750 bits per heavy atom. The predicted octanol–water partition coefficient (Wildman–Crippen LogP) is -0.440. The molecule has 0 atom stereocenters. The van der Waals surface area contributed by atoms with E-state index in [-0.39, 0.29) is 39.0 Å². The normalized spacial score (nSPS) is 9.88. The summed E-state index contributed by atoms with van der Waals surface area (Å²) in [6, 6.07) is 0. The molecule has 0 aromatic carbocycles. The molecule has 0 amide bonds. The van der Waals surface area contributed by atoms with E-state index in [1.807, 2.05) is 0 Å². The van der Waals surface area contributed by atoms with Crippen molar-refractivity contribution in [2.45, 2.75) is 41.5 Å². The number of hydrogen-bond acceptors (Lipinski definition) is 4. The van der Waals surface area contributed by atoms with Gasteiger partial charge in [-0.15, -0.1) is 0 Å². The maximum Gasteiger partial charge on any atom is 0.0467 e. The first-order valence-electron chi connectivity index (χ1n) is 4.32. The third kappa shape index (κ3) is 16.6. The number of aliphatic carboxylic acids is 2. The van der Waals surface area contributed by atoms with Gasteiger partial charge in [-0.2, -0.15) is 0 Å². The van der Waals surface area contributed by atoms with Crippen molar-refractivity contribution >= 4 is 11.9 Å². The van der Waals surface area contributed by atoms with Crippen molar-refractivity contribution in [1.82, 2.24) is 0 Å². The van der Waals surface area contributed by atoms with E-state index in [0.29, 0.717) is 0 Å². The molecule has 0 saturated heterocycles. The van der Waals surface area contributed by atoms with Gasteiger partial charge in [-0.3, -0.25) is 0 Å². The molecule has 0 aromatic rings. The molecule has 0 N–H and O–H groups in total. The average Bonchev–Trinajstić information content (AvgIpc) is 1.83. The predicted molar refractivity (Wildman–Crippen MR) is 48.9 cm³/mol. The monoisotopic (exact) mass is 408 g/mol. The summed E-state index contributed by atoms with van der Waals surface area (Å²) in [6.45, 7) is 9.60.